The molecule has 3 N–H and O–H groups in total. The van der Waals surface area contributed by atoms with E-state index in [4.69, 9.17) is 10.2 Å². The summed E-state index contributed by atoms with van der Waals surface area (Å²) in [5.41, 5.74) is -1.21. The van der Waals surface area contributed by atoms with Gasteiger partial charge >= 0.3 is 5.97 Å². The third kappa shape index (κ3) is 2.86. The van der Waals surface area contributed by atoms with Gasteiger partial charge in [-0.25, -0.2) is 0 Å². The Morgan fingerprint density at radius 3 is 2.18 bits per heavy atom. The van der Waals surface area contributed by atoms with E-state index in [-0.39, 0.29) is 6.04 Å². The highest BCUT2D eigenvalue weighted by Crippen LogP contribution is 2.03. The maximum absolute atomic E-state index is 10.6. The lowest BCUT2D eigenvalue weighted by Gasteiger charge is -2.26. The predicted molar refractivity (Wildman–Crippen MR) is 41.4 cm³/mol. The fraction of sp³-hybridized carbons (Fsp3) is 0.857. The third-order valence-electron chi connectivity index (χ3n) is 1.40. The predicted octanol–water partition coefficient (Wildman–Crippen LogP) is -0.180. The molecule has 0 aromatic heterocycles. The molecule has 0 saturated heterocycles. The summed E-state index contributed by atoms with van der Waals surface area (Å²) >= 11 is 0. The molecular formula is C7H15NO3. The molecule has 0 aliphatic carbocycles. The van der Waals surface area contributed by atoms with Gasteiger partial charge in [0.25, 0.3) is 0 Å². The summed E-state index contributed by atoms with van der Waals surface area (Å²) in [6.45, 7) is 4.71. The number of carbonyl (C=O) groups is 1. The Bertz CT molecular complexity index is 147. The maximum Gasteiger partial charge on any atom is 0.326 e. The first kappa shape index (κ1) is 10.4. The van der Waals surface area contributed by atoms with Crippen LogP contribution in [0, 0.1) is 0 Å². The number of rotatable bonds is 4. The van der Waals surface area contributed by atoms with Gasteiger partial charge in [-0.05, 0) is 20.8 Å². The average Bonchev–Trinajstić information content (AvgIpc) is 1.86. The van der Waals surface area contributed by atoms with Gasteiger partial charge in [-0.15, -0.1) is 0 Å². The second kappa shape index (κ2) is 3.69. The Morgan fingerprint density at radius 2 is 2.09 bits per heavy atom. The second-order valence-corrected chi connectivity index (χ2v) is 3.09. The number of nitrogens with one attached hydrogen (secondary N) is 1. The number of carboxylic acids is 1. The first-order valence-corrected chi connectivity index (χ1v) is 3.54. The molecule has 0 bridgehead atoms. The van der Waals surface area contributed by atoms with Crippen LogP contribution in [0.4, 0.5) is 0 Å². The molecule has 11 heavy (non-hydrogen) atoms. The highest BCUT2D eigenvalue weighted by atomic mass is 16.4. The average molecular weight is 161 g/mol. The zero-order chi connectivity index (χ0) is 9.07. The van der Waals surface area contributed by atoms with E-state index in [9.17, 15) is 4.79 Å². The van der Waals surface area contributed by atoms with Gasteiger partial charge in [0.2, 0.25) is 0 Å². The minimum absolute atomic E-state index is 0.0447. The first-order valence-electron chi connectivity index (χ1n) is 3.54. The highest BCUT2D eigenvalue weighted by Gasteiger charge is 2.32. The molecule has 4 nitrogen and oxygen atoms in total. The molecule has 4 heteroatoms. The lowest BCUT2D eigenvalue weighted by molar-refractivity contribution is -0.146. The van der Waals surface area contributed by atoms with Gasteiger partial charge < -0.3 is 10.2 Å². The molecule has 0 saturated carbocycles. The minimum atomic E-state index is -1.21. The molecular weight excluding hydrogens is 146 g/mol. The normalized spacial score (nSPS) is 16.5. The topological polar surface area (TPSA) is 69.6 Å². The SMILES string of the molecule is CC(C)N[C@@](C)(CO)C(=O)O. The van der Waals surface area contributed by atoms with E-state index in [1.807, 2.05) is 13.8 Å². The van der Waals surface area contributed by atoms with E-state index in [2.05, 4.69) is 5.32 Å². The van der Waals surface area contributed by atoms with Crippen LogP contribution in [0.3, 0.4) is 0 Å². The van der Waals surface area contributed by atoms with E-state index in [0.29, 0.717) is 0 Å². The van der Waals surface area contributed by atoms with Gasteiger partial charge in [0.1, 0.15) is 5.54 Å². The summed E-state index contributed by atoms with van der Waals surface area (Å²) in [6.07, 6.45) is 0. The van der Waals surface area contributed by atoms with Crippen molar-refractivity contribution in [3.63, 3.8) is 0 Å². The van der Waals surface area contributed by atoms with Crippen LogP contribution in [-0.2, 0) is 4.79 Å². The molecule has 0 rings (SSSR count). The second-order valence-electron chi connectivity index (χ2n) is 3.09. The van der Waals surface area contributed by atoms with Crippen molar-refractivity contribution >= 4 is 5.97 Å². The van der Waals surface area contributed by atoms with Crippen molar-refractivity contribution in [1.29, 1.82) is 0 Å². The lowest BCUT2D eigenvalue weighted by Crippen LogP contribution is -2.55. The fourth-order valence-electron chi connectivity index (χ4n) is 0.812. The minimum Gasteiger partial charge on any atom is -0.480 e. The molecule has 0 unspecified atom stereocenters. The van der Waals surface area contributed by atoms with Gasteiger partial charge in [0, 0.05) is 6.04 Å². The van der Waals surface area contributed by atoms with Gasteiger partial charge in [0.05, 0.1) is 6.61 Å². The summed E-state index contributed by atoms with van der Waals surface area (Å²) in [5, 5.41) is 20.2. The van der Waals surface area contributed by atoms with Crippen molar-refractivity contribution in [1.82, 2.24) is 5.32 Å². The Balaban J connectivity index is 4.22. The van der Waals surface area contributed by atoms with Crippen LogP contribution in [0.5, 0.6) is 0 Å². The van der Waals surface area contributed by atoms with Crippen LogP contribution < -0.4 is 5.32 Å². The zero-order valence-corrected chi connectivity index (χ0v) is 7.09. The molecule has 0 heterocycles. The largest absolute Gasteiger partial charge is 0.480 e. The zero-order valence-electron chi connectivity index (χ0n) is 7.09. The standard InChI is InChI=1S/C7H15NO3/c1-5(2)8-7(3,4-9)6(10)11/h5,8-9H,4H2,1-3H3,(H,10,11)/t7-/m0/s1. The van der Waals surface area contributed by atoms with Crippen molar-refractivity contribution < 1.29 is 15.0 Å². The van der Waals surface area contributed by atoms with Crippen LogP contribution in [0.1, 0.15) is 20.8 Å². The smallest absolute Gasteiger partial charge is 0.326 e. The first-order chi connectivity index (χ1) is 4.92. The Morgan fingerprint density at radius 1 is 1.64 bits per heavy atom. The molecule has 0 aliphatic heterocycles. The van der Waals surface area contributed by atoms with Crippen LogP contribution in [0.25, 0.3) is 0 Å². The number of aliphatic hydroxyl groups is 1. The number of carboxylic acid groups (broad SMARTS) is 1. The Labute approximate surface area is 66.2 Å². The van der Waals surface area contributed by atoms with Gasteiger partial charge in [0.15, 0.2) is 0 Å². The molecule has 0 aliphatic rings. The van der Waals surface area contributed by atoms with Gasteiger partial charge in [-0.1, -0.05) is 0 Å². The number of hydrogen-bond donors (Lipinski definition) is 3. The molecule has 0 radical (unpaired) electrons. The highest BCUT2D eigenvalue weighted by molar-refractivity contribution is 5.78. The quantitative estimate of drug-likeness (QED) is 0.535. The van der Waals surface area contributed by atoms with E-state index in [0.717, 1.165) is 0 Å². The third-order valence-corrected chi connectivity index (χ3v) is 1.40. The summed E-state index contributed by atoms with van der Waals surface area (Å²) in [6, 6.07) is 0.0447. The fourth-order valence-corrected chi connectivity index (χ4v) is 0.812. The molecule has 0 amide bonds. The molecule has 66 valence electrons. The number of aliphatic hydroxyl groups excluding tert-OH is 1. The summed E-state index contributed by atoms with van der Waals surface area (Å²) < 4.78 is 0. The number of aliphatic carboxylic acids is 1. The van der Waals surface area contributed by atoms with Crippen molar-refractivity contribution in [2.75, 3.05) is 6.61 Å². The Kier molecular flexibility index (Phi) is 3.48. The van der Waals surface area contributed by atoms with Crippen LogP contribution >= 0.6 is 0 Å². The van der Waals surface area contributed by atoms with E-state index >= 15 is 0 Å². The van der Waals surface area contributed by atoms with Crippen molar-refractivity contribution in [2.24, 2.45) is 0 Å². The number of hydrogen-bond acceptors (Lipinski definition) is 3. The van der Waals surface area contributed by atoms with Crippen LogP contribution in [0.15, 0.2) is 0 Å². The monoisotopic (exact) mass is 161 g/mol. The molecule has 0 aromatic rings. The van der Waals surface area contributed by atoms with Crippen molar-refractivity contribution in [2.45, 2.75) is 32.4 Å². The molecule has 0 aromatic carbocycles. The van der Waals surface area contributed by atoms with Gasteiger partial charge in [-0.2, -0.15) is 0 Å². The molecule has 0 spiro atoms. The van der Waals surface area contributed by atoms with E-state index < -0.39 is 18.1 Å². The summed E-state index contributed by atoms with van der Waals surface area (Å²) in [7, 11) is 0. The van der Waals surface area contributed by atoms with Crippen molar-refractivity contribution in [3.8, 4) is 0 Å². The summed E-state index contributed by atoms with van der Waals surface area (Å²) in [5.74, 6) is -1.03. The van der Waals surface area contributed by atoms with Gasteiger partial charge in [-0.3, -0.25) is 10.1 Å². The van der Waals surface area contributed by atoms with E-state index in [1.165, 1.54) is 6.92 Å². The molecule has 1 atom stereocenters. The van der Waals surface area contributed by atoms with Crippen molar-refractivity contribution in [3.05, 3.63) is 0 Å². The Hall–Kier alpha value is -0.610. The maximum atomic E-state index is 10.6. The van der Waals surface area contributed by atoms with Crippen LogP contribution in [-0.4, -0.2) is 34.4 Å². The molecule has 0 fully saturated rings. The summed E-state index contributed by atoms with van der Waals surface area (Å²) in [4.78, 5) is 10.6. The lowest BCUT2D eigenvalue weighted by atomic mass is 10.0. The van der Waals surface area contributed by atoms with E-state index in [1.54, 1.807) is 0 Å². The van der Waals surface area contributed by atoms with Crippen LogP contribution in [0.2, 0.25) is 0 Å².